The van der Waals surface area contributed by atoms with E-state index in [0.717, 1.165) is 0 Å². The van der Waals surface area contributed by atoms with Crippen LogP contribution in [0, 0.1) is 5.41 Å². The monoisotopic (exact) mass is 220 g/mol. The number of aliphatic carboxylic acids is 2. The lowest BCUT2D eigenvalue weighted by molar-refractivity contribution is -0.148. The van der Waals surface area contributed by atoms with Crippen LogP contribution in [0.1, 0.15) is 26.7 Å². The molecular formula is C9H16O4S. The molecule has 0 amide bonds. The van der Waals surface area contributed by atoms with Crippen molar-refractivity contribution in [3.8, 4) is 0 Å². The zero-order valence-corrected chi connectivity index (χ0v) is 9.26. The molecule has 2 N–H and O–H groups in total. The van der Waals surface area contributed by atoms with Gasteiger partial charge < -0.3 is 10.2 Å². The van der Waals surface area contributed by atoms with Crippen LogP contribution in [0.4, 0.5) is 0 Å². The minimum absolute atomic E-state index is 0.0327. The summed E-state index contributed by atoms with van der Waals surface area (Å²) in [5.74, 6) is -1.40. The van der Waals surface area contributed by atoms with Gasteiger partial charge in [-0.3, -0.25) is 9.59 Å². The van der Waals surface area contributed by atoms with Gasteiger partial charge in [0.1, 0.15) is 0 Å². The molecule has 0 unspecified atom stereocenters. The minimum atomic E-state index is -0.901. The Balaban J connectivity index is 4.22. The summed E-state index contributed by atoms with van der Waals surface area (Å²) in [6.07, 6.45) is 1.07. The highest BCUT2D eigenvalue weighted by Crippen LogP contribution is 2.30. The summed E-state index contributed by atoms with van der Waals surface area (Å²) in [5.41, 5.74) is -0.764. The van der Waals surface area contributed by atoms with Crippen molar-refractivity contribution in [3.63, 3.8) is 0 Å². The Morgan fingerprint density at radius 2 is 1.71 bits per heavy atom. The Bertz CT molecular complexity index is 211. The molecule has 0 aliphatic rings. The second-order valence-electron chi connectivity index (χ2n) is 3.18. The number of carboxylic acids is 2. The maximum Gasteiger partial charge on any atom is 0.313 e. The zero-order valence-electron chi connectivity index (χ0n) is 8.45. The summed E-state index contributed by atoms with van der Waals surface area (Å²) in [6.45, 7) is 3.64. The molecule has 0 fully saturated rings. The van der Waals surface area contributed by atoms with Crippen LogP contribution >= 0.6 is 11.8 Å². The molecule has 0 aromatic heterocycles. The molecule has 0 radical (unpaired) electrons. The van der Waals surface area contributed by atoms with Gasteiger partial charge in [0.25, 0.3) is 0 Å². The number of hydrogen-bond donors (Lipinski definition) is 2. The van der Waals surface area contributed by atoms with Crippen molar-refractivity contribution in [1.29, 1.82) is 0 Å². The maximum atomic E-state index is 11.0. The molecule has 0 spiro atoms. The average molecular weight is 220 g/mol. The number of thioether (sulfide) groups is 1. The van der Waals surface area contributed by atoms with Gasteiger partial charge >= 0.3 is 11.9 Å². The van der Waals surface area contributed by atoms with Gasteiger partial charge in [-0.25, -0.2) is 0 Å². The summed E-state index contributed by atoms with van der Waals surface area (Å²) < 4.78 is 0. The average Bonchev–Trinajstić information content (AvgIpc) is 2.12. The van der Waals surface area contributed by atoms with Crippen molar-refractivity contribution >= 4 is 23.7 Å². The van der Waals surface area contributed by atoms with E-state index in [1.54, 1.807) is 0 Å². The van der Waals surface area contributed by atoms with Crippen molar-refractivity contribution < 1.29 is 19.8 Å². The Kier molecular flexibility index (Phi) is 5.60. The van der Waals surface area contributed by atoms with Crippen molar-refractivity contribution in [1.82, 2.24) is 0 Å². The maximum absolute atomic E-state index is 11.0. The predicted molar refractivity (Wildman–Crippen MR) is 55.6 cm³/mol. The van der Waals surface area contributed by atoms with E-state index in [1.807, 2.05) is 13.8 Å². The number of carbonyl (C=O) groups is 2. The van der Waals surface area contributed by atoms with Crippen molar-refractivity contribution in [2.45, 2.75) is 26.7 Å². The molecule has 82 valence electrons. The third-order valence-corrected chi connectivity index (χ3v) is 3.62. The fraction of sp³-hybridized carbons (Fsp3) is 0.778. The van der Waals surface area contributed by atoms with Crippen LogP contribution in [0.25, 0.3) is 0 Å². The van der Waals surface area contributed by atoms with E-state index in [4.69, 9.17) is 10.2 Å². The normalized spacial score (nSPS) is 11.3. The molecule has 0 bridgehead atoms. The van der Waals surface area contributed by atoms with Gasteiger partial charge in [-0.05, 0) is 12.8 Å². The van der Waals surface area contributed by atoms with Crippen LogP contribution < -0.4 is 0 Å². The standard InChI is InChI=1S/C9H16O4S/c1-3-9(4-2,8(12)13)6-14-5-7(10)11/h3-6H2,1-2H3,(H,10,11)(H,12,13). The highest BCUT2D eigenvalue weighted by molar-refractivity contribution is 7.99. The summed E-state index contributed by atoms with van der Waals surface area (Å²) >= 11 is 1.17. The molecular weight excluding hydrogens is 204 g/mol. The van der Waals surface area contributed by atoms with Crippen molar-refractivity contribution in [2.75, 3.05) is 11.5 Å². The number of hydrogen-bond acceptors (Lipinski definition) is 3. The number of carboxylic acid groups (broad SMARTS) is 2. The molecule has 0 aliphatic carbocycles. The first-order valence-electron chi connectivity index (χ1n) is 4.51. The van der Waals surface area contributed by atoms with Gasteiger partial charge in [0.05, 0.1) is 11.2 Å². The highest BCUT2D eigenvalue weighted by Gasteiger charge is 2.34. The zero-order chi connectivity index (χ0) is 11.2. The molecule has 0 heterocycles. The number of rotatable bonds is 7. The van der Waals surface area contributed by atoms with E-state index in [-0.39, 0.29) is 5.75 Å². The molecule has 0 atom stereocenters. The van der Waals surface area contributed by atoms with Gasteiger partial charge in [0.2, 0.25) is 0 Å². The molecule has 0 aliphatic heterocycles. The van der Waals surface area contributed by atoms with E-state index in [2.05, 4.69) is 0 Å². The molecule has 4 nitrogen and oxygen atoms in total. The van der Waals surface area contributed by atoms with E-state index in [9.17, 15) is 9.59 Å². The van der Waals surface area contributed by atoms with Gasteiger partial charge in [0.15, 0.2) is 0 Å². The molecule has 5 heteroatoms. The Hall–Kier alpha value is -0.710. The van der Waals surface area contributed by atoms with Crippen LogP contribution in [-0.4, -0.2) is 33.7 Å². The topological polar surface area (TPSA) is 74.6 Å². The largest absolute Gasteiger partial charge is 0.481 e. The van der Waals surface area contributed by atoms with E-state index in [1.165, 1.54) is 11.8 Å². The van der Waals surface area contributed by atoms with Crippen molar-refractivity contribution in [2.24, 2.45) is 5.41 Å². The lowest BCUT2D eigenvalue weighted by atomic mass is 9.85. The second kappa shape index (κ2) is 5.90. The first-order chi connectivity index (χ1) is 6.48. The SMILES string of the molecule is CCC(CC)(CSCC(=O)O)C(=O)O. The predicted octanol–water partition coefficient (Wildman–Crippen LogP) is 1.70. The fourth-order valence-electron chi connectivity index (χ4n) is 1.15. The molecule has 0 saturated heterocycles. The van der Waals surface area contributed by atoms with Crippen LogP contribution in [-0.2, 0) is 9.59 Å². The summed E-state index contributed by atoms with van der Waals surface area (Å²) in [6, 6.07) is 0. The smallest absolute Gasteiger partial charge is 0.313 e. The van der Waals surface area contributed by atoms with Crippen LogP contribution in [0.5, 0.6) is 0 Å². The Labute approximate surface area is 87.7 Å². The summed E-state index contributed by atoms with van der Waals surface area (Å²) in [4.78, 5) is 21.3. The quantitative estimate of drug-likeness (QED) is 0.683. The third-order valence-electron chi connectivity index (χ3n) is 2.41. The Morgan fingerprint density at radius 1 is 1.21 bits per heavy atom. The molecule has 0 aromatic rings. The van der Waals surface area contributed by atoms with Gasteiger partial charge in [0, 0.05) is 5.75 Å². The second-order valence-corrected chi connectivity index (χ2v) is 4.16. The molecule has 0 saturated carbocycles. The van der Waals surface area contributed by atoms with Crippen LogP contribution in [0.15, 0.2) is 0 Å². The first kappa shape index (κ1) is 13.3. The Morgan fingerprint density at radius 3 is 2.00 bits per heavy atom. The van der Waals surface area contributed by atoms with Crippen LogP contribution in [0.2, 0.25) is 0 Å². The van der Waals surface area contributed by atoms with E-state index in [0.29, 0.717) is 18.6 Å². The van der Waals surface area contributed by atoms with Crippen molar-refractivity contribution in [3.05, 3.63) is 0 Å². The van der Waals surface area contributed by atoms with Gasteiger partial charge in [-0.2, -0.15) is 0 Å². The third kappa shape index (κ3) is 3.57. The highest BCUT2D eigenvalue weighted by atomic mass is 32.2. The van der Waals surface area contributed by atoms with E-state index < -0.39 is 17.4 Å². The fourth-order valence-corrected chi connectivity index (χ4v) is 2.35. The molecule has 0 aromatic carbocycles. The van der Waals surface area contributed by atoms with Crippen LogP contribution in [0.3, 0.4) is 0 Å². The van der Waals surface area contributed by atoms with E-state index >= 15 is 0 Å². The minimum Gasteiger partial charge on any atom is -0.481 e. The molecule has 0 rings (SSSR count). The lowest BCUT2D eigenvalue weighted by Crippen LogP contribution is -2.32. The lowest BCUT2D eigenvalue weighted by Gasteiger charge is -2.25. The summed E-state index contributed by atoms with van der Waals surface area (Å²) in [5, 5.41) is 17.5. The van der Waals surface area contributed by atoms with Gasteiger partial charge in [-0.15, -0.1) is 11.8 Å². The van der Waals surface area contributed by atoms with Gasteiger partial charge in [-0.1, -0.05) is 13.8 Å². The first-order valence-corrected chi connectivity index (χ1v) is 5.67. The summed E-state index contributed by atoms with van der Waals surface area (Å²) in [7, 11) is 0. The molecule has 14 heavy (non-hydrogen) atoms.